The van der Waals surface area contributed by atoms with Gasteiger partial charge in [0.05, 0.1) is 11.3 Å². The minimum absolute atomic E-state index is 0.00458. The van der Waals surface area contributed by atoms with Crippen molar-refractivity contribution in [3.8, 4) is 0 Å². The molecular weight excluding hydrogens is 662 g/mol. The highest BCUT2D eigenvalue weighted by atomic mass is 32.2. The molecule has 0 radical (unpaired) electrons. The number of nitrogens with one attached hydrogen (secondary N) is 3. The fraction of sp³-hybridized carbons (Fsp3) is 0.639. The standard InChI is InChI=1S/C36H51N5O8S/c1-34(2,3)49-32(45)37-27-17-11-9-7-8-10-16-25-19-36(25,31(44)39-50(47)35(4,5)6)38-29(42)28-18-26(22-41(28)30(27)43)48-33(46)40-20-23-14-12-13-15-24(23)21-40/h10,12-16,25-28H,7-9,11,17-22H2,1-6H3,(H,37,45)(H,38,42)(H,39,44)/b16-10-/t25-,26+,27-,28-,36+,50+/m0/s1. The molecule has 1 aromatic rings. The summed E-state index contributed by atoms with van der Waals surface area (Å²) in [4.78, 5) is 71.4. The molecule has 5 amide bonds. The van der Waals surface area contributed by atoms with Gasteiger partial charge in [0.15, 0.2) is 0 Å². The van der Waals surface area contributed by atoms with Crippen LogP contribution in [0, 0.1) is 5.92 Å². The molecule has 2 fully saturated rings. The van der Waals surface area contributed by atoms with Crippen LogP contribution in [-0.4, -0.2) is 84.5 Å². The van der Waals surface area contributed by atoms with E-state index in [-0.39, 0.29) is 18.9 Å². The molecule has 1 saturated heterocycles. The summed E-state index contributed by atoms with van der Waals surface area (Å²) < 4.78 is 26.2. The molecular formula is C36H51N5O8S. The maximum Gasteiger partial charge on any atom is 0.410 e. The van der Waals surface area contributed by atoms with Gasteiger partial charge in [0.2, 0.25) is 11.8 Å². The van der Waals surface area contributed by atoms with Crippen molar-refractivity contribution >= 4 is 40.9 Å². The SMILES string of the molecule is CC(C)(C)OC(=O)N[C@H]1CCCCC/C=C\[C@H]2C[C@@]2(C(=O)N[S@](=O)C(C)(C)C)NC(=O)[C@@H]2C[C@@H](OC(=O)N3Cc4ccccc4C3)CN2C1=O. The fourth-order valence-electron chi connectivity index (χ4n) is 6.62. The number of fused-ring (bicyclic) bond motifs is 3. The van der Waals surface area contributed by atoms with Crippen molar-refractivity contribution in [3.05, 3.63) is 47.5 Å². The first kappa shape index (κ1) is 37.3. The van der Waals surface area contributed by atoms with Crippen molar-refractivity contribution in [3.63, 3.8) is 0 Å². The Morgan fingerprint density at radius 1 is 1.00 bits per heavy atom. The van der Waals surface area contributed by atoms with Gasteiger partial charge >= 0.3 is 12.2 Å². The van der Waals surface area contributed by atoms with Crippen LogP contribution in [0.3, 0.4) is 0 Å². The predicted molar refractivity (Wildman–Crippen MR) is 186 cm³/mol. The van der Waals surface area contributed by atoms with Crippen molar-refractivity contribution in [1.29, 1.82) is 0 Å². The first-order valence-corrected chi connectivity index (χ1v) is 18.7. The van der Waals surface area contributed by atoms with E-state index in [0.29, 0.717) is 32.4 Å². The second kappa shape index (κ2) is 14.7. The van der Waals surface area contributed by atoms with Gasteiger partial charge in [-0.2, -0.15) is 0 Å². The molecule has 1 aliphatic carbocycles. The molecule has 3 aliphatic heterocycles. The molecule has 3 heterocycles. The number of carbonyl (C=O) groups excluding carboxylic acids is 5. The zero-order chi connectivity index (χ0) is 36.4. The van der Waals surface area contributed by atoms with Crippen molar-refractivity contribution in [1.82, 2.24) is 25.2 Å². The molecule has 50 heavy (non-hydrogen) atoms. The van der Waals surface area contributed by atoms with Gasteiger partial charge in [0.25, 0.3) is 5.91 Å². The molecule has 1 aromatic carbocycles. The number of hydrogen-bond donors (Lipinski definition) is 3. The largest absolute Gasteiger partial charge is 0.444 e. The Morgan fingerprint density at radius 3 is 2.32 bits per heavy atom. The number of nitrogens with zero attached hydrogens (tertiary/aromatic N) is 2. The van der Waals surface area contributed by atoms with E-state index in [0.717, 1.165) is 30.4 Å². The topological polar surface area (TPSA) is 163 Å². The lowest BCUT2D eigenvalue weighted by Gasteiger charge is -2.30. The number of benzene rings is 1. The van der Waals surface area contributed by atoms with Gasteiger partial charge in [-0.05, 0) is 78.4 Å². The van der Waals surface area contributed by atoms with E-state index in [1.165, 1.54) is 4.90 Å². The third-order valence-corrected chi connectivity index (χ3v) is 10.9. The fourth-order valence-corrected chi connectivity index (χ4v) is 7.28. The highest BCUT2D eigenvalue weighted by Gasteiger charge is 2.61. The van der Waals surface area contributed by atoms with Crippen LogP contribution in [0.1, 0.15) is 97.6 Å². The highest BCUT2D eigenvalue weighted by Crippen LogP contribution is 2.46. The number of alkyl carbamates (subject to hydrolysis) is 1. The smallest absolute Gasteiger partial charge is 0.410 e. The summed E-state index contributed by atoms with van der Waals surface area (Å²) in [5.74, 6) is -1.99. The first-order chi connectivity index (χ1) is 23.5. The summed E-state index contributed by atoms with van der Waals surface area (Å²) >= 11 is 0. The molecule has 0 unspecified atom stereocenters. The van der Waals surface area contributed by atoms with Gasteiger partial charge in [0, 0.05) is 25.4 Å². The van der Waals surface area contributed by atoms with Gasteiger partial charge in [-0.15, -0.1) is 0 Å². The van der Waals surface area contributed by atoms with Crippen molar-refractivity contribution in [2.45, 2.75) is 134 Å². The first-order valence-electron chi connectivity index (χ1n) is 17.5. The van der Waals surface area contributed by atoms with Crippen LogP contribution in [0.4, 0.5) is 9.59 Å². The average Bonchev–Trinajstić information content (AvgIpc) is 3.33. The van der Waals surface area contributed by atoms with E-state index in [1.54, 1.807) is 46.4 Å². The third kappa shape index (κ3) is 8.85. The molecule has 6 atom stereocenters. The molecule has 13 nitrogen and oxygen atoms in total. The van der Waals surface area contributed by atoms with Crippen LogP contribution in [-0.2, 0) is 47.9 Å². The van der Waals surface area contributed by atoms with E-state index >= 15 is 0 Å². The van der Waals surface area contributed by atoms with Gasteiger partial charge < -0.3 is 25.0 Å². The molecule has 0 aromatic heterocycles. The molecule has 3 N–H and O–H groups in total. The van der Waals surface area contributed by atoms with Gasteiger partial charge in [0.1, 0.15) is 40.3 Å². The summed E-state index contributed by atoms with van der Waals surface area (Å²) in [6.45, 7) is 11.1. The molecule has 0 spiro atoms. The summed E-state index contributed by atoms with van der Waals surface area (Å²) in [6, 6.07) is 5.64. The zero-order valence-corrected chi connectivity index (χ0v) is 30.7. The lowest BCUT2D eigenvalue weighted by Crippen LogP contribution is -2.58. The normalized spacial score (nSPS) is 28.4. The van der Waals surface area contributed by atoms with Crippen molar-refractivity contribution in [2.75, 3.05) is 6.54 Å². The zero-order valence-electron chi connectivity index (χ0n) is 29.9. The number of allylic oxidation sites excluding steroid dienone is 1. The predicted octanol–water partition coefficient (Wildman–Crippen LogP) is 3.98. The van der Waals surface area contributed by atoms with Crippen LogP contribution in [0.15, 0.2) is 36.4 Å². The van der Waals surface area contributed by atoms with E-state index < -0.39 is 75.0 Å². The van der Waals surface area contributed by atoms with Crippen LogP contribution in [0.25, 0.3) is 0 Å². The minimum Gasteiger partial charge on any atom is -0.444 e. The Hall–Kier alpha value is -3.94. The van der Waals surface area contributed by atoms with Gasteiger partial charge in [-0.3, -0.25) is 24.0 Å². The van der Waals surface area contributed by atoms with Gasteiger partial charge in [-0.1, -0.05) is 49.3 Å². The quantitative estimate of drug-likeness (QED) is 0.395. The molecule has 274 valence electrons. The second-order valence-corrected chi connectivity index (χ2v) is 17.7. The van der Waals surface area contributed by atoms with Gasteiger partial charge in [-0.25, -0.2) is 13.8 Å². The summed E-state index contributed by atoms with van der Waals surface area (Å²) in [6.07, 6.45) is 5.36. The van der Waals surface area contributed by atoms with E-state index in [1.807, 2.05) is 36.4 Å². The summed E-state index contributed by atoms with van der Waals surface area (Å²) in [5, 5.41) is 5.64. The van der Waals surface area contributed by atoms with Crippen molar-refractivity contribution in [2.24, 2.45) is 5.92 Å². The maximum atomic E-state index is 14.3. The monoisotopic (exact) mass is 713 g/mol. The lowest BCUT2D eigenvalue weighted by molar-refractivity contribution is -0.141. The molecule has 1 saturated carbocycles. The van der Waals surface area contributed by atoms with Crippen LogP contribution in [0.5, 0.6) is 0 Å². The van der Waals surface area contributed by atoms with Crippen LogP contribution < -0.4 is 15.4 Å². The van der Waals surface area contributed by atoms with Crippen LogP contribution >= 0.6 is 0 Å². The Labute approximate surface area is 296 Å². The van der Waals surface area contributed by atoms with E-state index in [2.05, 4.69) is 15.4 Å². The number of amides is 5. The van der Waals surface area contributed by atoms with E-state index in [4.69, 9.17) is 9.47 Å². The van der Waals surface area contributed by atoms with Crippen LogP contribution in [0.2, 0.25) is 0 Å². The Morgan fingerprint density at radius 2 is 1.68 bits per heavy atom. The number of hydrogen-bond acceptors (Lipinski definition) is 8. The number of carbonyl (C=O) groups is 5. The second-order valence-electron chi connectivity index (χ2n) is 15.7. The Balaban J connectivity index is 1.40. The Bertz CT molecular complexity index is 1530. The minimum atomic E-state index is -1.72. The maximum absolute atomic E-state index is 14.3. The third-order valence-electron chi connectivity index (χ3n) is 9.44. The highest BCUT2D eigenvalue weighted by molar-refractivity contribution is 7.85. The summed E-state index contributed by atoms with van der Waals surface area (Å²) in [5.41, 5.74) is -0.0968. The summed E-state index contributed by atoms with van der Waals surface area (Å²) in [7, 11) is -1.72. The molecule has 14 heteroatoms. The molecule has 5 rings (SSSR count). The Kier molecular flexibility index (Phi) is 11.0. The average molecular weight is 714 g/mol. The molecule has 0 bridgehead atoms. The molecule has 4 aliphatic rings. The number of ether oxygens (including phenoxy) is 2. The van der Waals surface area contributed by atoms with E-state index in [9.17, 15) is 28.2 Å². The lowest BCUT2D eigenvalue weighted by atomic mass is 10.0. The van der Waals surface area contributed by atoms with Crippen molar-refractivity contribution < 1.29 is 37.7 Å². The number of rotatable bonds is 4.